The van der Waals surface area contributed by atoms with Crippen LogP contribution in [-0.4, -0.2) is 35.6 Å². The first kappa shape index (κ1) is 18.6. The molecule has 0 saturated carbocycles. The molecule has 1 aliphatic rings. The van der Waals surface area contributed by atoms with Gasteiger partial charge in [-0.1, -0.05) is 17.3 Å². The highest BCUT2D eigenvalue weighted by molar-refractivity contribution is 5.76. The molecule has 2 heterocycles. The molecule has 1 fully saturated rings. The molecule has 0 bridgehead atoms. The Bertz CT molecular complexity index is 717. The van der Waals surface area contributed by atoms with Gasteiger partial charge in [0.2, 0.25) is 5.91 Å². The van der Waals surface area contributed by atoms with E-state index in [4.69, 9.17) is 4.52 Å². The number of benzene rings is 1. The van der Waals surface area contributed by atoms with Gasteiger partial charge in [-0.2, -0.15) is 0 Å². The van der Waals surface area contributed by atoms with Crippen LogP contribution in [0, 0.1) is 19.7 Å². The molecule has 1 N–H and O–H groups in total. The molecule has 140 valence electrons. The molecule has 6 heteroatoms. The Morgan fingerprint density at radius 3 is 2.58 bits per heavy atom. The molecule has 0 aliphatic carbocycles. The van der Waals surface area contributed by atoms with Gasteiger partial charge in [-0.3, -0.25) is 9.69 Å². The molecule has 1 saturated heterocycles. The third kappa shape index (κ3) is 4.49. The second kappa shape index (κ2) is 8.45. The minimum Gasteiger partial charge on any atom is -0.361 e. The van der Waals surface area contributed by atoms with Crippen molar-refractivity contribution in [1.82, 2.24) is 15.4 Å². The molecule has 2 aromatic rings. The zero-order chi connectivity index (χ0) is 18.5. The number of likely N-dealkylation sites (tertiary alicyclic amines) is 1. The van der Waals surface area contributed by atoms with Crippen molar-refractivity contribution in [2.75, 3.05) is 19.6 Å². The van der Waals surface area contributed by atoms with Crippen molar-refractivity contribution in [2.24, 2.45) is 0 Å². The van der Waals surface area contributed by atoms with Crippen molar-refractivity contribution in [3.8, 4) is 0 Å². The van der Waals surface area contributed by atoms with Gasteiger partial charge in [0.25, 0.3) is 0 Å². The van der Waals surface area contributed by atoms with Gasteiger partial charge in [0.05, 0.1) is 11.7 Å². The molecule has 0 radical (unpaired) electrons. The Labute approximate surface area is 153 Å². The normalized spacial score (nSPS) is 16.0. The number of nitrogens with zero attached hydrogens (tertiary/aromatic N) is 2. The number of nitrogens with one attached hydrogen (secondary N) is 1. The number of aryl methyl sites for hydroxylation is 2. The molecule has 0 unspecified atom stereocenters. The van der Waals surface area contributed by atoms with Gasteiger partial charge in [0.15, 0.2) is 0 Å². The SMILES string of the molecule is Cc1noc(C)c1CCC(=O)NC[C@@H](c1ccc(F)cc1)N1CCCC1. The van der Waals surface area contributed by atoms with E-state index in [1.54, 1.807) is 0 Å². The molecule has 0 spiro atoms. The maximum Gasteiger partial charge on any atom is 0.220 e. The highest BCUT2D eigenvalue weighted by atomic mass is 19.1. The molecular weight excluding hydrogens is 333 g/mol. The lowest BCUT2D eigenvalue weighted by molar-refractivity contribution is -0.121. The number of hydrogen-bond donors (Lipinski definition) is 1. The Balaban J connectivity index is 1.58. The van der Waals surface area contributed by atoms with E-state index in [-0.39, 0.29) is 17.8 Å². The van der Waals surface area contributed by atoms with Crippen LogP contribution in [0.25, 0.3) is 0 Å². The lowest BCUT2D eigenvalue weighted by Gasteiger charge is -2.28. The summed E-state index contributed by atoms with van der Waals surface area (Å²) in [6.45, 7) is 6.31. The van der Waals surface area contributed by atoms with Gasteiger partial charge < -0.3 is 9.84 Å². The monoisotopic (exact) mass is 359 g/mol. The van der Waals surface area contributed by atoms with Gasteiger partial charge in [0, 0.05) is 18.5 Å². The number of hydrogen-bond acceptors (Lipinski definition) is 4. The Morgan fingerprint density at radius 2 is 1.96 bits per heavy atom. The van der Waals surface area contributed by atoms with Crippen molar-refractivity contribution in [3.63, 3.8) is 0 Å². The second-order valence-electron chi connectivity index (χ2n) is 6.92. The Morgan fingerprint density at radius 1 is 1.27 bits per heavy atom. The topological polar surface area (TPSA) is 58.4 Å². The molecule has 5 nitrogen and oxygen atoms in total. The lowest BCUT2D eigenvalue weighted by Crippen LogP contribution is -2.36. The van der Waals surface area contributed by atoms with Crippen molar-refractivity contribution < 1.29 is 13.7 Å². The summed E-state index contributed by atoms with van der Waals surface area (Å²) in [5.74, 6) is 0.547. The van der Waals surface area contributed by atoms with Gasteiger partial charge in [-0.15, -0.1) is 0 Å². The second-order valence-corrected chi connectivity index (χ2v) is 6.92. The molecule has 1 aliphatic heterocycles. The summed E-state index contributed by atoms with van der Waals surface area (Å²) < 4.78 is 18.4. The number of rotatable bonds is 7. The summed E-state index contributed by atoms with van der Waals surface area (Å²) in [5, 5.41) is 6.97. The molecule has 1 aromatic heterocycles. The van der Waals surface area contributed by atoms with Crippen LogP contribution in [0.4, 0.5) is 4.39 Å². The number of carbonyl (C=O) groups excluding carboxylic acids is 1. The predicted octanol–water partition coefficient (Wildman–Crippen LogP) is 3.32. The van der Waals surface area contributed by atoms with E-state index in [0.29, 0.717) is 19.4 Å². The van der Waals surface area contributed by atoms with E-state index in [2.05, 4.69) is 15.4 Å². The van der Waals surface area contributed by atoms with E-state index >= 15 is 0 Å². The largest absolute Gasteiger partial charge is 0.361 e. The molecule has 3 rings (SSSR count). The van der Waals surface area contributed by atoms with Gasteiger partial charge in [-0.05, 0) is 63.9 Å². The smallest absolute Gasteiger partial charge is 0.220 e. The van der Waals surface area contributed by atoms with Gasteiger partial charge >= 0.3 is 0 Å². The van der Waals surface area contributed by atoms with E-state index in [1.165, 1.54) is 12.1 Å². The first-order valence-corrected chi connectivity index (χ1v) is 9.22. The standard InChI is InChI=1S/C20H26FN3O2/c1-14-18(15(2)26-23-14)9-10-20(25)22-13-19(24-11-3-4-12-24)16-5-7-17(21)8-6-16/h5-8,19H,3-4,9-13H2,1-2H3,(H,22,25)/t19-/m0/s1. The average molecular weight is 359 g/mol. The molecule has 1 amide bonds. The maximum absolute atomic E-state index is 13.2. The van der Waals surface area contributed by atoms with Crippen molar-refractivity contribution >= 4 is 5.91 Å². The van der Waals surface area contributed by atoms with E-state index in [9.17, 15) is 9.18 Å². The first-order valence-electron chi connectivity index (χ1n) is 9.22. The van der Waals surface area contributed by atoms with Crippen LogP contribution in [0.2, 0.25) is 0 Å². The number of amides is 1. The molecule has 26 heavy (non-hydrogen) atoms. The van der Waals surface area contributed by atoms with Crippen LogP contribution >= 0.6 is 0 Å². The van der Waals surface area contributed by atoms with Crippen LogP contribution in [-0.2, 0) is 11.2 Å². The summed E-state index contributed by atoms with van der Waals surface area (Å²) in [5.41, 5.74) is 2.89. The van der Waals surface area contributed by atoms with Crippen LogP contribution < -0.4 is 5.32 Å². The van der Waals surface area contributed by atoms with Crippen molar-refractivity contribution in [1.29, 1.82) is 0 Å². The van der Waals surface area contributed by atoms with E-state index < -0.39 is 0 Å². The first-order chi connectivity index (χ1) is 12.5. The number of carbonyl (C=O) groups is 1. The Hall–Kier alpha value is -2.21. The van der Waals surface area contributed by atoms with Crippen LogP contribution in [0.1, 0.15) is 47.9 Å². The number of halogens is 1. The highest BCUT2D eigenvalue weighted by Gasteiger charge is 2.24. The Kier molecular flexibility index (Phi) is 6.04. The van der Waals surface area contributed by atoms with Crippen molar-refractivity contribution in [2.45, 2.75) is 45.6 Å². The van der Waals surface area contributed by atoms with E-state index in [0.717, 1.165) is 48.5 Å². The minimum absolute atomic E-state index is 0.0105. The van der Waals surface area contributed by atoms with Crippen molar-refractivity contribution in [3.05, 3.63) is 52.7 Å². The zero-order valence-electron chi connectivity index (χ0n) is 15.4. The van der Waals surface area contributed by atoms with Gasteiger partial charge in [-0.25, -0.2) is 4.39 Å². The minimum atomic E-state index is -0.239. The van der Waals surface area contributed by atoms with E-state index in [1.807, 2.05) is 26.0 Å². The third-order valence-corrected chi connectivity index (χ3v) is 5.11. The third-order valence-electron chi connectivity index (χ3n) is 5.11. The highest BCUT2D eigenvalue weighted by Crippen LogP contribution is 2.25. The quantitative estimate of drug-likeness (QED) is 0.824. The number of aromatic nitrogens is 1. The zero-order valence-corrected chi connectivity index (χ0v) is 15.4. The molecule has 1 aromatic carbocycles. The lowest BCUT2D eigenvalue weighted by atomic mass is 10.0. The maximum atomic E-state index is 13.2. The fraction of sp³-hybridized carbons (Fsp3) is 0.500. The molecular formula is C20H26FN3O2. The summed E-state index contributed by atoms with van der Waals surface area (Å²) in [6, 6.07) is 6.68. The summed E-state index contributed by atoms with van der Waals surface area (Å²) in [6.07, 6.45) is 3.35. The van der Waals surface area contributed by atoms with Gasteiger partial charge in [0.1, 0.15) is 11.6 Å². The van der Waals surface area contributed by atoms with Crippen LogP contribution in [0.3, 0.4) is 0 Å². The summed E-state index contributed by atoms with van der Waals surface area (Å²) >= 11 is 0. The summed E-state index contributed by atoms with van der Waals surface area (Å²) in [7, 11) is 0. The van der Waals surface area contributed by atoms with Crippen LogP contribution in [0.5, 0.6) is 0 Å². The van der Waals surface area contributed by atoms with Crippen LogP contribution in [0.15, 0.2) is 28.8 Å². The average Bonchev–Trinajstić information content (AvgIpc) is 3.26. The fourth-order valence-electron chi connectivity index (χ4n) is 3.59. The summed E-state index contributed by atoms with van der Waals surface area (Å²) in [4.78, 5) is 14.7. The predicted molar refractivity (Wildman–Crippen MR) is 97.3 cm³/mol. The fourth-order valence-corrected chi connectivity index (χ4v) is 3.59. The molecule has 1 atom stereocenters.